The standard InChI is InChI=1S/C10H4Cl4N4O/c11-5-2-15-6(12)1-4(5)10(19)18-9-7(13)8(14)16-3-17-9/h1-3H,(H,16,17,18,19). The molecule has 19 heavy (non-hydrogen) atoms. The lowest BCUT2D eigenvalue weighted by Gasteiger charge is -2.07. The second kappa shape index (κ2) is 5.88. The van der Waals surface area contributed by atoms with Gasteiger partial charge < -0.3 is 5.32 Å². The number of hydrogen-bond donors (Lipinski definition) is 1. The predicted octanol–water partition coefficient (Wildman–Crippen LogP) is 3.74. The molecule has 2 rings (SSSR count). The molecular formula is C10H4Cl4N4O. The summed E-state index contributed by atoms with van der Waals surface area (Å²) in [7, 11) is 0. The highest BCUT2D eigenvalue weighted by atomic mass is 35.5. The van der Waals surface area contributed by atoms with Crippen LogP contribution in [0.1, 0.15) is 10.4 Å². The SMILES string of the molecule is O=C(Nc1ncnc(Cl)c1Cl)c1cc(Cl)ncc1Cl. The van der Waals surface area contributed by atoms with Gasteiger partial charge in [-0.15, -0.1) is 0 Å². The van der Waals surface area contributed by atoms with E-state index in [1.807, 2.05) is 0 Å². The van der Waals surface area contributed by atoms with E-state index in [2.05, 4.69) is 20.3 Å². The molecule has 9 heteroatoms. The van der Waals surface area contributed by atoms with Crippen LogP contribution in [0.15, 0.2) is 18.6 Å². The number of hydrogen-bond acceptors (Lipinski definition) is 4. The minimum Gasteiger partial charge on any atom is -0.305 e. The third-order valence-corrected chi connectivity index (χ3v) is 3.29. The number of nitrogens with zero attached hydrogens (tertiary/aromatic N) is 3. The summed E-state index contributed by atoms with van der Waals surface area (Å²) in [5, 5.41) is 2.82. The first-order valence-corrected chi connectivity index (χ1v) is 6.28. The van der Waals surface area contributed by atoms with E-state index in [0.717, 1.165) is 0 Å². The van der Waals surface area contributed by atoms with Crippen molar-refractivity contribution in [3.05, 3.63) is 44.5 Å². The molecule has 2 aromatic heterocycles. The molecule has 0 saturated heterocycles. The van der Waals surface area contributed by atoms with Gasteiger partial charge in [-0.05, 0) is 6.07 Å². The molecule has 98 valence electrons. The molecule has 2 aromatic rings. The summed E-state index contributed by atoms with van der Waals surface area (Å²) in [4.78, 5) is 23.2. The Morgan fingerprint density at radius 3 is 2.58 bits per heavy atom. The number of carbonyl (C=O) groups is 1. The van der Waals surface area contributed by atoms with Crippen LogP contribution in [0.2, 0.25) is 20.4 Å². The zero-order chi connectivity index (χ0) is 14.0. The molecule has 5 nitrogen and oxygen atoms in total. The lowest BCUT2D eigenvalue weighted by molar-refractivity contribution is 0.102. The van der Waals surface area contributed by atoms with Crippen molar-refractivity contribution in [1.82, 2.24) is 15.0 Å². The van der Waals surface area contributed by atoms with Crippen molar-refractivity contribution in [2.75, 3.05) is 5.32 Å². The van der Waals surface area contributed by atoms with Crippen LogP contribution < -0.4 is 5.32 Å². The molecule has 1 N–H and O–H groups in total. The summed E-state index contributed by atoms with van der Waals surface area (Å²) in [5.74, 6) is -0.457. The molecular weight excluding hydrogens is 334 g/mol. The first-order valence-electron chi connectivity index (χ1n) is 4.77. The van der Waals surface area contributed by atoms with E-state index in [4.69, 9.17) is 46.4 Å². The molecule has 0 saturated carbocycles. The summed E-state index contributed by atoms with van der Waals surface area (Å²) in [6.45, 7) is 0. The van der Waals surface area contributed by atoms with Crippen LogP contribution in [-0.4, -0.2) is 20.9 Å². The highest BCUT2D eigenvalue weighted by Gasteiger charge is 2.15. The first-order chi connectivity index (χ1) is 8.99. The summed E-state index contributed by atoms with van der Waals surface area (Å²) in [6, 6.07) is 1.33. The smallest absolute Gasteiger partial charge is 0.258 e. The van der Waals surface area contributed by atoms with Gasteiger partial charge in [0.2, 0.25) is 0 Å². The van der Waals surface area contributed by atoms with E-state index in [1.165, 1.54) is 18.6 Å². The van der Waals surface area contributed by atoms with Gasteiger partial charge in [0, 0.05) is 6.20 Å². The molecule has 0 aliphatic rings. The maximum Gasteiger partial charge on any atom is 0.258 e. The Kier molecular flexibility index (Phi) is 4.42. The molecule has 0 bridgehead atoms. The van der Waals surface area contributed by atoms with Gasteiger partial charge in [0.15, 0.2) is 11.0 Å². The summed E-state index contributed by atoms with van der Waals surface area (Å²) >= 11 is 23.1. The number of nitrogens with one attached hydrogen (secondary N) is 1. The Bertz CT molecular complexity index is 649. The van der Waals surface area contributed by atoms with Gasteiger partial charge in [0.1, 0.15) is 16.5 Å². The average Bonchev–Trinajstić information content (AvgIpc) is 2.38. The lowest BCUT2D eigenvalue weighted by atomic mass is 10.2. The van der Waals surface area contributed by atoms with Gasteiger partial charge in [-0.25, -0.2) is 15.0 Å². The monoisotopic (exact) mass is 336 g/mol. The number of halogens is 4. The molecule has 0 aliphatic heterocycles. The van der Waals surface area contributed by atoms with Gasteiger partial charge in [-0.2, -0.15) is 0 Å². The summed E-state index contributed by atoms with van der Waals surface area (Å²) in [5.41, 5.74) is 0.146. The Hall–Kier alpha value is -1.14. The van der Waals surface area contributed by atoms with Crippen molar-refractivity contribution in [2.24, 2.45) is 0 Å². The maximum absolute atomic E-state index is 12.0. The molecule has 0 atom stereocenters. The van der Waals surface area contributed by atoms with Crippen LogP contribution in [0.25, 0.3) is 0 Å². The average molecular weight is 338 g/mol. The molecule has 2 heterocycles. The van der Waals surface area contributed by atoms with Crippen LogP contribution >= 0.6 is 46.4 Å². The number of aromatic nitrogens is 3. The van der Waals surface area contributed by atoms with Crippen molar-refractivity contribution in [2.45, 2.75) is 0 Å². The molecule has 0 aromatic carbocycles. The van der Waals surface area contributed by atoms with E-state index >= 15 is 0 Å². The van der Waals surface area contributed by atoms with E-state index in [0.29, 0.717) is 0 Å². The second-order valence-electron chi connectivity index (χ2n) is 3.27. The summed E-state index contributed by atoms with van der Waals surface area (Å²) in [6.07, 6.45) is 2.44. The van der Waals surface area contributed by atoms with Crippen molar-refractivity contribution < 1.29 is 4.79 Å². The predicted molar refractivity (Wildman–Crippen MR) is 74.3 cm³/mol. The largest absolute Gasteiger partial charge is 0.305 e. The number of carbonyl (C=O) groups excluding carboxylic acids is 1. The molecule has 0 radical (unpaired) electrons. The zero-order valence-corrected chi connectivity index (χ0v) is 12.0. The molecule has 0 unspecified atom stereocenters. The highest BCUT2D eigenvalue weighted by molar-refractivity contribution is 6.43. The zero-order valence-electron chi connectivity index (χ0n) is 8.99. The van der Waals surface area contributed by atoms with Crippen molar-refractivity contribution in [3.63, 3.8) is 0 Å². The molecule has 1 amide bonds. The minimum absolute atomic E-state index is 0.0332. The van der Waals surface area contributed by atoms with Gasteiger partial charge in [0.05, 0.1) is 10.6 Å². The van der Waals surface area contributed by atoms with Crippen LogP contribution in [0.4, 0.5) is 5.82 Å². The van der Waals surface area contributed by atoms with Gasteiger partial charge in [-0.1, -0.05) is 46.4 Å². The van der Waals surface area contributed by atoms with E-state index in [9.17, 15) is 4.79 Å². The number of rotatable bonds is 2. The highest BCUT2D eigenvalue weighted by Crippen LogP contribution is 2.26. The summed E-state index contributed by atoms with van der Waals surface area (Å²) < 4.78 is 0. The van der Waals surface area contributed by atoms with Crippen LogP contribution in [0.5, 0.6) is 0 Å². The topological polar surface area (TPSA) is 67.8 Å². The molecule has 0 fully saturated rings. The van der Waals surface area contributed by atoms with Crippen LogP contribution in [-0.2, 0) is 0 Å². The lowest BCUT2D eigenvalue weighted by Crippen LogP contribution is -2.14. The second-order valence-corrected chi connectivity index (χ2v) is 4.80. The van der Waals surface area contributed by atoms with Gasteiger partial charge >= 0.3 is 0 Å². The van der Waals surface area contributed by atoms with E-state index in [1.54, 1.807) is 0 Å². The first kappa shape index (κ1) is 14.3. The number of pyridine rings is 1. The Balaban J connectivity index is 2.31. The van der Waals surface area contributed by atoms with Crippen LogP contribution in [0, 0.1) is 0 Å². The fourth-order valence-electron chi connectivity index (χ4n) is 1.20. The number of amides is 1. The quantitative estimate of drug-likeness (QED) is 0.669. The third kappa shape index (κ3) is 3.25. The van der Waals surface area contributed by atoms with Gasteiger partial charge in [-0.3, -0.25) is 4.79 Å². The molecule has 0 aliphatic carbocycles. The van der Waals surface area contributed by atoms with Crippen molar-refractivity contribution in [1.29, 1.82) is 0 Å². The number of anilines is 1. The Morgan fingerprint density at radius 2 is 1.84 bits per heavy atom. The third-order valence-electron chi connectivity index (χ3n) is 2.05. The van der Waals surface area contributed by atoms with E-state index < -0.39 is 5.91 Å². The fourth-order valence-corrected chi connectivity index (χ4v) is 1.82. The van der Waals surface area contributed by atoms with Gasteiger partial charge in [0.25, 0.3) is 5.91 Å². The molecule has 0 spiro atoms. The maximum atomic E-state index is 12.0. The van der Waals surface area contributed by atoms with Crippen LogP contribution in [0.3, 0.4) is 0 Å². The van der Waals surface area contributed by atoms with Crippen molar-refractivity contribution in [3.8, 4) is 0 Å². The Labute approximate surface area is 127 Å². The Morgan fingerprint density at radius 1 is 1.11 bits per heavy atom. The van der Waals surface area contributed by atoms with E-state index in [-0.39, 0.29) is 31.7 Å². The minimum atomic E-state index is -0.536. The van der Waals surface area contributed by atoms with Crippen molar-refractivity contribution >= 4 is 58.1 Å². The fraction of sp³-hybridized carbons (Fsp3) is 0. The normalized spacial score (nSPS) is 10.3.